The van der Waals surface area contributed by atoms with Gasteiger partial charge >= 0.3 is 0 Å². The zero-order chi connectivity index (χ0) is 9.35. The van der Waals surface area contributed by atoms with Gasteiger partial charge in [0.05, 0.1) is 5.54 Å². The minimum atomic E-state index is -0.567. The van der Waals surface area contributed by atoms with Gasteiger partial charge in [-0.2, -0.15) is 0 Å². The molecule has 0 aromatic heterocycles. The molecule has 0 heterocycles. The van der Waals surface area contributed by atoms with Gasteiger partial charge in [-0.15, -0.1) is 0 Å². The van der Waals surface area contributed by atoms with Gasteiger partial charge in [0.25, 0.3) is 0 Å². The Bertz CT molecular complexity index is 185. The summed E-state index contributed by atoms with van der Waals surface area (Å²) in [6.07, 6.45) is 2.56. The molecule has 3 nitrogen and oxygen atoms in total. The van der Waals surface area contributed by atoms with Crippen LogP contribution in [0.15, 0.2) is 0 Å². The molecule has 1 fully saturated rings. The monoisotopic (exact) mass is 170 g/mol. The molecule has 12 heavy (non-hydrogen) atoms. The molecule has 0 aliphatic heterocycles. The highest BCUT2D eigenvalue weighted by atomic mass is 16.1. The number of hydrogen-bond donors (Lipinski definition) is 2. The van der Waals surface area contributed by atoms with E-state index in [-0.39, 0.29) is 5.91 Å². The normalized spacial score (nSPS) is 20.6. The Morgan fingerprint density at radius 2 is 2.08 bits per heavy atom. The smallest absolute Gasteiger partial charge is 0.237 e. The Hall–Kier alpha value is -0.570. The molecule has 70 valence electrons. The quantitative estimate of drug-likeness (QED) is 0.650. The second-order valence-corrected chi connectivity index (χ2v) is 4.26. The highest BCUT2D eigenvalue weighted by molar-refractivity contribution is 5.83. The molecule has 3 heteroatoms. The van der Waals surface area contributed by atoms with E-state index in [0.717, 1.165) is 5.92 Å². The Morgan fingerprint density at radius 3 is 2.42 bits per heavy atom. The third-order valence-corrected chi connectivity index (χ3v) is 2.53. The lowest BCUT2D eigenvalue weighted by molar-refractivity contribution is -0.123. The SMILES string of the molecule is CC(NC(C)(C)C(N)=O)C1CC1. The summed E-state index contributed by atoms with van der Waals surface area (Å²) in [5.74, 6) is 0.471. The second-order valence-electron chi connectivity index (χ2n) is 4.26. The molecule has 0 aromatic rings. The fourth-order valence-electron chi connectivity index (χ4n) is 1.35. The molecule has 1 rings (SSSR count). The van der Waals surface area contributed by atoms with Crippen molar-refractivity contribution in [2.75, 3.05) is 0 Å². The van der Waals surface area contributed by atoms with Crippen molar-refractivity contribution >= 4 is 5.91 Å². The molecular formula is C9H18N2O. The molecule has 1 atom stereocenters. The summed E-state index contributed by atoms with van der Waals surface area (Å²) >= 11 is 0. The van der Waals surface area contributed by atoms with Crippen molar-refractivity contribution < 1.29 is 4.79 Å². The van der Waals surface area contributed by atoms with Crippen LogP contribution in [0.25, 0.3) is 0 Å². The lowest BCUT2D eigenvalue weighted by atomic mass is 10.0. The van der Waals surface area contributed by atoms with Crippen LogP contribution in [0.1, 0.15) is 33.6 Å². The number of nitrogens with two attached hydrogens (primary N) is 1. The first-order chi connectivity index (χ1) is 5.43. The molecule has 1 aliphatic carbocycles. The Kier molecular flexibility index (Phi) is 2.42. The van der Waals surface area contributed by atoms with Gasteiger partial charge in [-0.25, -0.2) is 0 Å². The van der Waals surface area contributed by atoms with E-state index in [1.807, 2.05) is 13.8 Å². The summed E-state index contributed by atoms with van der Waals surface area (Å²) in [5.41, 5.74) is 4.67. The maximum atomic E-state index is 11.0. The standard InChI is InChI=1S/C9H18N2O/c1-6(7-4-5-7)11-9(2,3)8(10)12/h6-7,11H,4-5H2,1-3H3,(H2,10,12). The minimum Gasteiger partial charge on any atom is -0.368 e. The van der Waals surface area contributed by atoms with Crippen molar-refractivity contribution in [2.24, 2.45) is 11.7 Å². The highest BCUT2D eigenvalue weighted by Gasteiger charge is 2.33. The number of carbonyl (C=O) groups is 1. The summed E-state index contributed by atoms with van der Waals surface area (Å²) in [4.78, 5) is 11.0. The number of primary amides is 1. The Labute approximate surface area is 73.7 Å². The number of hydrogen-bond acceptors (Lipinski definition) is 2. The molecule has 1 unspecified atom stereocenters. The third kappa shape index (κ3) is 2.21. The minimum absolute atomic E-state index is 0.282. The van der Waals surface area contributed by atoms with E-state index in [1.165, 1.54) is 12.8 Å². The van der Waals surface area contributed by atoms with E-state index in [1.54, 1.807) is 0 Å². The van der Waals surface area contributed by atoms with Crippen molar-refractivity contribution in [2.45, 2.75) is 45.2 Å². The van der Waals surface area contributed by atoms with Crippen LogP contribution >= 0.6 is 0 Å². The first-order valence-electron chi connectivity index (χ1n) is 4.51. The zero-order valence-corrected chi connectivity index (χ0v) is 8.05. The van der Waals surface area contributed by atoms with Gasteiger partial charge < -0.3 is 11.1 Å². The maximum absolute atomic E-state index is 11.0. The summed E-state index contributed by atoms with van der Waals surface area (Å²) < 4.78 is 0. The van der Waals surface area contributed by atoms with Crippen LogP contribution in [0.4, 0.5) is 0 Å². The number of carbonyl (C=O) groups excluding carboxylic acids is 1. The van der Waals surface area contributed by atoms with Crippen molar-refractivity contribution in [1.82, 2.24) is 5.32 Å². The van der Waals surface area contributed by atoms with Gasteiger partial charge in [-0.3, -0.25) is 4.79 Å². The molecular weight excluding hydrogens is 152 g/mol. The van der Waals surface area contributed by atoms with E-state index in [9.17, 15) is 4.79 Å². The second kappa shape index (κ2) is 3.05. The Morgan fingerprint density at radius 1 is 1.58 bits per heavy atom. The van der Waals surface area contributed by atoms with E-state index >= 15 is 0 Å². The maximum Gasteiger partial charge on any atom is 0.237 e. The summed E-state index contributed by atoms with van der Waals surface area (Å²) in [7, 11) is 0. The fourth-order valence-corrected chi connectivity index (χ4v) is 1.35. The van der Waals surface area contributed by atoms with Crippen LogP contribution in [0, 0.1) is 5.92 Å². The van der Waals surface area contributed by atoms with Crippen LogP contribution in [-0.2, 0) is 4.79 Å². The van der Waals surface area contributed by atoms with Gasteiger partial charge in [-0.1, -0.05) is 0 Å². The molecule has 1 aliphatic rings. The number of rotatable bonds is 4. The summed E-state index contributed by atoms with van der Waals surface area (Å²) in [6.45, 7) is 5.77. The van der Waals surface area contributed by atoms with Crippen LogP contribution < -0.4 is 11.1 Å². The van der Waals surface area contributed by atoms with Crippen molar-refractivity contribution in [3.63, 3.8) is 0 Å². The van der Waals surface area contributed by atoms with Gasteiger partial charge in [0, 0.05) is 6.04 Å². The predicted octanol–water partition coefficient (Wildman–Crippen LogP) is 0.638. The zero-order valence-electron chi connectivity index (χ0n) is 8.05. The van der Waals surface area contributed by atoms with Gasteiger partial charge in [-0.05, 0) is 39.5 Å². The highest BCUT2D eigenvalue weighted by Crippen LogP contribution is 2.33. The van der Waals surface area contributed by atoms with E-state index in [2.05, 4.69) is 12.2 Å². The lowest BCUT2D eigenvalue weighted by Crippen LogP contribution is -2.54. The first-order valence-corrected chi connectivity index (χ1v) is 4.51. The number of amides is 1. The molecule has 0 saturated heterocycles. The van der Waals surface area contributed by atoms with Crippen LogP contribution in [0.3, 0.4) is 0 Å². The molecule has 3 N–H and O–H groups in total. The van der Waals surface area contributed by atoms with Crippen LogP contribution in [0.2, 0.25) is 0 Å². The fraction of sp³-hybridized carbons (Fsp3) is 0.889. The summed E-state index contributed by atoms with van der Waals surface area (Å²) in [5, 5.41) is 3.24. The third-order valence-electron chi connectivity index (χ3n) is 2.53. The number of nitrogens with one attached hydrogen (secondary N) is 1. The summed E-state index contributed by atoms with van der Waals surface area (Å²) in [6, 6.07) is 0.410. The molecule has 1 saturated carbocycles. The topological polar surface area (TPSA) is 55.1 Å². The average Bonchev–Trinajstić information content (AvgIpc) is 2.65. The van der Waals surface area contributed by atoms with Crippen LogP contribution in [0.5, 0.6) is 0 Å². The van der Waals surface area contributed by atoms with Gasteiger partial charge in [0.1, 0.15) is 0 Å². The first kappa shape index (κ1) is 9.52. The van der Waals surface area contributed by atoms with Gasteiger partial charge in [0.2, 0.25) is 5.91 Å². The van der Waals surface area contributed by atoms with E-state index in [0.29, 0.717) is 6.04 Å². The van der Waals surface area contributed by atoms with E-state index < -0.39 is 5.54 Å². The van der Waals surface area contributed by atoms with Gasteiger partial charge in [0.15, 0.2) is 0 Å². The Balaban J connectivity index is 2.42. The molecule has 0 aromatic carbocycles. The average molecular weight is 170 g/mol. The van der Waals surface area contributed by atoms with Crippen LogP contribution in [-0.4, -0.2) is 17.5 Å². The van der Waals surface area contributed by atoms with Crippen molar-refractivity contribution in [3.05, 3.63) is 0 Å². The molecule has 0 bridgehead atoms. The molecule has 0 radical (unpaired) electrons. The lowest BCUT2D eigenvalue weighted by Gasteiger charge is -2.26. The molecule has 1 amide bonds. The molecule has 0 spiro atoms. The van der Waals surface area contributed by atoms with Crippen molar-refractivity contribution in [1.29, 1.82) is 0 Å². The van der Waals surface area contributed by atoms with Crippen molar-refractivity contribution in [3.8, 4) is 0 Å². The largest absolute Gasteiger partial charge is 0.368 e. The predicted molar refractivity (Wildman–Crippen MR) is 48.6 cm³/mol. The van der Waals surface area contributed by atoms with E-state index in [4.69, 9.17) is 5.73 Å².